The van der Waals surface area contributed by atoms with Crippen molar-refractivity contribution in [2.75, 3.05) is 21.3 Å². The fraction of sp³-hybridized carbons (Fsp3) is 0.120. The molecule has 0 fully saturated rings. The van der Waals surface area contributed by atoms with Crippen molar-refractivity contribution in [3.63, 3.8) is 0 Å². The molecular weight excluding hydrogens is 492 g/mol. The highest BCUT2D eigenvalue weighted by Crippen LogP contribution is 2.39. The van der Waals surface area contributed by atoms with Crippen molar-refractivity contribution in [2.24, 2.45) is 0 Å². The molecule has 0 radical (unpaired) electrons. The van der Waals surface area contributed by atoms with E-state index >= 15 is 0 Å². The summed E-state index contributed by atoms with van der Waals surface area (Å²) in [5.41, 5.74) is 1.32. The fourth-order valence-corrected chi connectivity index (χ4v) is 3.77. The lowest BCUT2D eigenvalue weighted by atomic mass is 10.1. The molecule has 0 amide bonds. The summed E-state index contributed by atoms with van der Waals surface area (Å²) in [6, 6.07) is 14.9. The number of rotatable bonds is 6. The molecule has 0 N–H and O–H groups in total. The van der Waals surface area contributed by atoms with Gasteiger partial charge in [-0.15, -0.1) is 0 Å². The lowest BCUT2D eigenvalue weighted by Gasteiger charge is -2.12. The van der Waals surface area contributed by atoms with Crippen molar-refractivity contribution in [3.8, 4) is 28.7 Å². The molecule has 0 saturated carbocycles. The molecule has 8 heteroatoms. The number of fused-ring (bicyclic) bond motifs is 1. The van der Waals surface area contributed by atoms with Gasteiger partial charge in [-0.05, 0) is 52.3 Å². The second-order valence-corrected chi connectivity index (χ2v) is 7.77. The van der Waals surface area contributed by atoms with Gasteiger partial charge in [-0.25, -0.2) is 4.79 Å². The highest BCUT2D eigenvalue weighted by Gasteiger charge is 2.29. The molecule has 0 aromatic heterocycles. The number of hydrogen-bond acceptors (Lipinski definition) is 7. The van der Waals surface area contributed by atoms with Gasteiger partial charge in [-0.3, -0.25) is 4.79 Å². The second kappa shape index (κ2) is 9.38. The van der Waals surface area contributed by atoms with E-state index in [1.54, 1.807) is 54.6 Å². The summed E-state index contributed by atoms with van der Waals surface area (Å²) in [6.07, 6.45) is 1.57. The Hall–Kier alpha value is -3.78. The predicted octanol–water partition coefficient (Wildman–Crippen LogP) is 5.31. The smallest absolute Gasteiger partial charge is 0.344 e. The quantitative estimate of drug-likeness (QED) is 0.252. The number of ether oxygens (including phenoxy) is 5. The summed E-state index contributed by atoms with van der Waals surface area (Å²) in [5.74, 6) is 1.28. The highest BCUT2D eigenvalue weighted by atomic mass is 79.9. The van der Waals surface area contributed by atoms with Crippen LogP contribution in [0.15, 0.2) is 64.8 Å². The number of carbonyl (C=O) groups excluding carboxylic acids is 2. The summed E-state index contributed by atoms with van der Waals surface area (Å²) >= 11 is 3.33. The summed E-state index contributed by atoms with van der Waals surface area (Å²) in [4.78, 5) is 25.4. The SMILES string of the molecule is COc1cc(OC)c(OC)cc1/C=C1\Oc2cc(OC(=O)c3ccccc3Br)ccc2C1=O. The number of methoxy groups -OCH3 is 3. The Kier molecular flexibility index (Phi) is 6.37. The lowest BCUT2D eigenvalue weighted by molar-refractivity contribution is 0.0733. The Labute approximate surface area is 198 Å². The van der Waals surface area contributed by atoms with Gasteiger partial charge in [0.2, 0.25) is 5.78 Å². The first-order chi connectivity index (χ1) is 15.9. The first kappa shape index (κ1) is 22.4. The van der Waals surface area contributed by atoms with Crippen molar-refractivity contribution in [2.45, 2.75) is 0 Å². The van der Waals surface area contributed by atoms with Crippen LogP contribution in [-0.4, -0.2) is 33.1 Å². The molecule has 1 aliphatic rings. The topological polar surface area (TPSA) is 80.3 Å². The van der Waals surface area contributed by atoms with E-state index in [1.165, 1.54) is 27.4 Å². The zero-order chi connectivity index (χ0) is 23.5. The van der Waals surface area contributed by atoms with Gasteiger partial charge >= 0.3 is 5.97 Å². The van der Waals surface area contributed by atoms with Gasteiger partial charge in [-0.2, -0.15) is 0 Å². The van der Waals surface area contributed by atoms with E-state index in [1.807, 2.05) is 0 Å². The van der Waals surface area contributed by atoms with E-state index in [0.29, 0.717) is 44.2 Å². The fourth-order valence-electron chi connectivity index (χ4n) is 3.33. The number of ketones is 1. The molecule has 0 saturated heterocycles. The maximum atomic E-state index is 12.9. The Bertz CT molecular complexity index is 1280. The summed E-state index contributed by atoms with van der Waals surface area (Å²) in [6.45, 7) is 0. The molecule has 3 aromatic rings. The van der Waals surface area contributed by atoms with Gasteiger partial charge in [0.05, 0.1) is 32.5 Å². The molecule has 1 heterocycles. The van der Waals surface area contributed by atoms with Crippen LogP contribution >= 0.6 is 15.9 Å². The van der Waals surface area contributed by atoms with Gasteiger partial charge in [0.1, 0.15) is 17.2 Å². The van der Waals surface area contributed by atoms with Crippen molar-refractivity contribution in [1.29, 1.82) is 0 Å². The van der Waals surface area contributed by atoms with Crippen molar-refractivity contribution in [1.82, 2.24) is 0 Å². The van der Waals surface area contributed by atoms with E-state index < -0.39 is 5.97 Å². The maximum Gasteiger partial charge on any atom is 0.344 e. The van der Waals surface area contributed by atoms with Gasteiger partial charge in [0.25, 0.3) is 0 Å². The summed E-state index contributed by atoms with van der Waals surface area (Å²) < 4.78 is 27.9. The molecule has 0 atom stereocenters. The van der Waals surface area contributed by atoms with E-state index in [4.69, 9.17) is 23.7 Å². The van der Waals surface area contributed by atoms with Crippen LogP contribution < -0.4 is 23.7 Å². The average molecular weight is 511 g/mol. The monoisotopic (exact) mass is 510 g/mol. The van der Waals surface area contributed by atoms with E-state index in [2.05, 4.69) is 15.9 Å². The number of hydrogen-bond donors (Lipinski definition) is 0. The number of benzene rings is 3. The molecule has 0 bridgehead atoms. The van der Waals surface area contributed by atoms with Crippen molar-refractivity contribution in [3.05, 3.63) is 81.5 Å². The normalized spacial score (nSPS) is 13.3. The average Bonchev–Trinajstić information content (AvgIpc) is 3.13. The summed E-state index contributed by atoms with van der Waals surface area (Å²) in [7, 11) is 4.56. The molecule has 1 aliphatic heterocycles. The third kappa shape index (κ3) is 4.42. The molecule has 4 rings (SSSR count). The third-order valence-corrected chi connectivity index (χ3v) is 5.66. The molecule has 0 aliphatic carbocycles. The molecule has 7 nitrogen and oxygen atoms in total. The van der Waals surface area contributed by atoms with Gasteiger partial charge < -0.3 is 23.7 Å². The number of esters is 1. The largest absolute Gasteiger partial charge is 0.496 e. The number of Topliss-reactive ketones (excluding diaryl/α,β-unsaturated/α-hetero) is 1. The molecule has 0 spiro atoms. The zero-order valence-electron chi connectivity index (χ0n) is 18.0. The Balaban J connectivity index is 1.61. The summed E-state index contributed by atoms with van der Waals surface area (Å²) in [5, 5.41) is 0. The van der Waals surface area contributed by atoms with E-state index in [-0.39, 0.29) is 17.3 Å². The lowest BCUT2D eigenvalue weighted by Crippen LogP contribution is -2.09. The van der Waals surface area contributed by atoms with Gasteiger partial charge in [0, 0.05) is 22.2 Å². The Morgan fingerprint density at radius 2 is 1.61 bits per heavy atom. The standard InChI is InChI=1S/C25H19BrO7/c1-29-19-13-22(31-3)21(30-2)10-14(19)11-23-24(27)17-9-8-15(12-20(17)33-23)32-25(28)16-6-4-5-7-18(16)26/h4-13H,1-3H3/b23-11-. The minimum atomic E-state index is -0.530. The highest BCUT2D eigenvalue weighted by molar-refractivity contribution is 9.10. The van der Waals surface area contributed by atoms with Crippen LogP contribution in [0.4, 0.5) is 0 Å². The van der Waals surface area contributed by atoms with Crippen molar-refractivity contribution < 1.29 is 33.3 Å². The first-order valence-electron chi connectivity index (χ1n) is 9.80. The van der Waals surface area contributed by atoms with Crippen LogP contribution in [0.3, 0.4) is 0 Å². The molecule has 168 valence electrons. The van der Waals surface area contributed by atoms with Crippen LogP contribution in [-0.2, 0) is 0 Å². The third-order valence-electron chi connectivity index (χ3n) is 4.97. The van der Waals surface area contributed by atoms with Crippen LogP contribution in [0, 0.1) is 0 Å². The minimum absolute atomic E-state index is 0.102. The molecule has 33 heavy (non-hydrogen) atoms. The van der Waals surface area contributed by atoms with E-state index in [9.17, 15) is 9.59 Å². The maximum absolute atomic E-state index is 12.9. The van der Waals surface area contributed by atoms with Crippen molar-refractivity contribution >= 4 is 33.8 Å². The number of allylic oxidation sites excluding steroid dienone is 1. The van der Waals surface area contributed by atoms with Gasteiger partial charge in [0.15, 0.2) is 17.3 Å². The zero-order valence-corrected chi connectivity index (χ0v) is 19.6. The Morgan fingerprint density at radius 3 is 2.30 bits per heavy atom. The van der Waals surface area contributed by atoms with Crippen LogP contribution in [0.5, 0.6) is 28.7 Å². The molecule has 0 unspecified atom stereocenters. The predicted molar refractivity (Wildman–Crippen MR) is 125 cm³/mol. The first-order valence-corrected chi connectivity index (χ1v) is 10.6. The number of carbonyl (C=O) groups is 2. The van der Waals surface area contributed by atoms with Crippen LogP contribution in [0.25, 0.3) is 6.08 Å². The van der Waals surface area contributed by atoms with E-state index in [0.717, 1.165) is 0 Å². The van der Waals surface area contributed by atoms with Crippen LogP contribution in [0.2, 0.25) is 0 Å². The molecular formula is C25H19BrO7. The number of halogens is 1. The second-order valence-electron chi connectivity index (χ2n) is 6.92. The Morgan fingerprint density at radius 1 is 0.909 bits per heavy atom. The van der Waals surface area contributed by atoms with Crippen LogP contribution in [0.1, 0.15) is 26.3 Å². The molecule has 3 aromatic carbocycles. The van der Waals surface area contributed by atoms with Gasteiger partial charge in [-0.1, -0.05) is 12.1 Å². The minimum Gasteiger partial charge on any atom is -0.496 e.